The van der Waals surface area contributed by atoms with Crippen LogP contribution in [0.1, 0.15) is 36.5 Å². The fraction of sp³-hybridized carbons (Fsp3) is 0.500. The van der Waals surface area contributed by atoms with Gasteiger partial charge in [-0.3, -0.25) is 4.79 Å². The Morgan fingerprint density at radius 3 is 2.89 bits per heavy atom. The van der Waals surface area contributed by atoms with E-state index in [1.54, 1.807) is 25.3 Å². The third-order valence-corrected chi connectivity index (χ3v) is 3.23. The summed E-state index contributed by atoms with van der Waals surface area (Å²) in [5.41, 5.74) is 6.80. The lowest BCUT2D eigenvalue weighted by molar-refractivity contribution is 0.0934. The van der Waals surface area contributed by atoms with Crippen LogP contribution >= 0.6 is 0 Å². The maximum absolute atomic E-state index is 12.1. The summed E-state index contributed by atoms with van der Waals surface area (Å²) >= 11 is 0. The fourth-order valence-corrected chi connectivity index (χ4v) is 2.11. The largest absolute Gasteiger partial charge is 0.496 e. The van der Waals surface area contributed by atoms with Crippen molar-refractivity contribution in [2.24, 2.45) is 5.92 Å². The number of carbonyl (C=O) groups is 1. The van der Waals surface area contributed by atoms with E-state index in [4.69, 9.17) is 10.5 Å². The predicted octanol–water partition coefficient (Wildman–Crippen LogP) is 2.20. The van der Waals surface area contributed by atoms with Gasteiger partial charge >= 0.3 is 0 Å². The average Bonchev–Trinajstić information content (AvgIpc) is 3.12. The number of methoxy groups -OCH3 is 1. The quantitative estimate of drug-likeness (QED) is 0.785. The second kappa shape index (κ2) is 5.29. The van der Waals surface area contributed by atoms with Crippen LogP contribution in [0.3, 0.4) is 0 Å². The molecule has 0 heterocycles. The third-order valence-electron chi connectivity index (χ3n) is 3.23. The van der Waals surface area contributed by atoms with Crippen molar-refractivity contribution in [2.75, 3.05) is 12.8 Å². The van der Waals surface area contributed by atoms with E-state index in [1.807, 2.05) is 6.92 Å². The van der Waals surface area contributed by atoms with Crippen LogP contribution in [0.4, 0.5) is 5.69 Å². The minimum absolute atomic E-state index is 0.0972. The molecule has 4 heteroatoms. The van der Waals surface area contributed by atoms with Crippen LogP contribution in [-0.4, -0.2) is 19.1 Å². The highest BCUT2D eigenvalue weighted by Gasteiger charge is 2.24. The molecule has 0 aliphatic heterocycles. The number of hydrogen-bond acceptors (Lipinski definition) is 3. The van der Waals surface area contributed by atoms with Gasteiger partial charge < -0.3 is 15.8 Å². The first-order valence-electron chi connectivity index (χ1n) is 6.34. The van der Waals surface area contributed by atoms with Crippen molar-refractivity contribution in [1.82, 2.24) is 5.32 Å². The van der Waals surface area contributed by atoms with Crippen molar-refractivity contribution in [2.45, 2.75) is 32.2 Å². The monoisotopic (exact) mass is 248 g/mol. The number of amides is 1. The van der Waals surface area contributed by atoms with Crippen LogP contribution in [0, 0.1) is 5.92 Å². The van der Waals surface area contributed by atoms with Gasteiger partial charge in [0, 0.05) is 17.8 Å². The summed E-state index contributed by atoms with van der Waals surface area (Å²) in [7, 11) is 1.54. The Balaban J connectivity index is 2.02. The minimum atomic E-state index is -0.0972. The maximum atomic E-state index is 12.1. The molecule has 0 radical (unpaired) electrons. The molecule has 1 aromatic rings. The number of nitrogens with two attached hydrogens (primary N) is 1. The predicted molar refractivity (Wildman–Crippen MR) is 71.7 cm³/mol. The molecule has 3 N–H and O–H groups in total. The van der Waals surface area contributed by atoms with Gasteiger partial charge in [0.25, 0.3) is 5.91 Å². The molecule has 1 unspecified atom stereocenters. The molecule has 2 rings (SSSR count). The Hall–Kier alpha value is -1.71. The van der Waals surface area contributed by atoms with Crippen LogP contribution in [0.25, 0.3) is 0 Å². The zero-order valence-corrected chi connectivity index (χ0v) is 10.9. The molecule has 18 heavy (non-hydrogen) atoms. The Kier molecular flexibility index (Phi) is 3.75. The van der Waals surface area contributed by atoms with E-state index in [0.717, 1.165) is 12.3 Å². The van der Waals surface area contributed by atoms with Crippen LogP contribution < -0.4 is 15.8 Å². The van der Waals surface area contributed by atoms with E-state index in [0.29, 0.717) is 17.0 Å². The first-order valence-corrected chi connectivity index (χ1v) is 6.34. The van der Waals surface area contributed by atoms with Crippen LogP contribution in [0.2, 0.25) is 0 Å². The lowest BCUT2D eigenvalue weighted by Gasteiger charge is -2.15. The summed E-state index contributed by atoms with van der Waals surface area (Å²) in [5.74, 6) is 1.22. The number of carbonyl (C=O) groups excluding carboxylic acids is 1. The molecular formula is C14H20N2O2. The molecule has 0 aromatic heterocycles. The number of hydrogen-bond donors (Lipinski definition) is 2. The highest BCUT2D eigenvalue weighted by Crippen LogP contribution is 2.33. The molecule has 1 fully saturated rings. The van der Waals surface area contributed by atoms with Gasteiger partial charge in [0.05, 0.1) is 12.7 Å². The normalized spacial score (nSPS) is 16.1. The highest BCUT2D eigenvalue weighted by molar-refractivity contribution is 5.97. The fourth-order valence-electron chi connectivity index (χ4n) is 2.11. The summed E-state index contributed by atoms with van der Waals surface area (Å²) in [6, 6.07) is 5.28. The first-order chi connectivity index (χ1) is 8.60. The van der Waals surface area contributed by atoms with Gasteiger partial charge in [0.15, 0.2) is 0 Å². The lowest BCUT2D eigenvalue weighted by atomic mass is 10.1. The molecule has 4 nitrogen and oxygen atoms in total. The van der Waals surface area contributed by atoms with Crippen molar-refractivity contribution in [3.8, 4) is 5.75 Å². The highest BCUT2D eigenvalue weighted by atomic mass is 16.5. The SMILES string of the molecule is COc1cc(N)ccc1C(=O)NC(C)CC1CC1. The summed E-state index contributed by atoms with van der Waals surface area (Å²) < 4.78 is 5.18. The molecular weight excluding hydrogens is 228 g/mol. The number of rotatable bonds is 5. The Bertz CT molecular complexity index is 441. The van der Waals surface area contributed by atoms with E-state index in [9.17, 15) is 4.79 Å². The molecule has 0 bridgehead atoms. The summed E-state index contributed by atoms with van der Waals surface area (Å²) in [6.07, 6.45) is 3.65. The average molecular weight is 248 g/mol. The van der Waals surface area contributed by atoms with Crippen molar-refractivity contribution in [3.05, 3.63) is 23.8 Å². The van der Waals surface area contributed by atoms with Crippen LogP contribution in [-0.2, 0) is 0 Å². The Morgan fingerprint density at radius 2 is 2.28 bits per heavy atom. The van der Waals surface area contributed by atoms with Crippen LogP contribution in [0.15, 0.2) is 18.2 Å². The molecule has 98 valence electrons. The van der Waals surface area contributed by atoms with E-state index >= 15 is 0 Å². The topological polar surface area (TPSA) is 64.3 Å². The van der Waals surface area contributed by atoms with E-state index < -0.39 is 0 Å². The third kappa shape index (κ3) is 3.15. The van der Waals surface area contributed by atoms with Crippen molar-refractivity contribution in [3.63, 3.8) is 0 Å². The molecule has 0 spiro atoms. The second-order valence-corrected chi connectivity index (χ2v) is 5.01. The summed E-state index contributed by atoms with van der Waals surface area (Å²) in [5, 5.41) is 3.00. The molecule has 1 aromatic carbocycles. The van der Waals surface area contributed by atoms with Gasteiger partial charge in [-0.2, -0.15) is 0 Å². The minimum Gasteiger partial charge on any atom is -0.496 e. The summed E-state index contributed by atoms with van der Waals surface area (Å²) in [6.45, 7) is 2.04. The van der Waals surface area contributed by atoms with Gasteiger partial charge in [0.1, 0.15) is 5.75 Å². The van der Waals surface area contributed by atoms with Crippen LogP contribution in [0.5, 0.6) is 5.75 Å². The number of nitrogens with one attached hydrogen (secondary N) is 1. The number of nitrogen functional groups attached to an aromatic ring is 1. The van der Waals surface area contributed by atoms with Gasteiger partial charge in [-0.1, -0.05) is 12.8 Å². The maximum Gasteiger partial charge on any atom is 0.255 e. The Morgan fingerprint density at radius 1 is 1.56 bits per heavy atom. The van der Waals surface area contributed by atoms with Gasteiger partial charge in [-0.05, 0) is 31.4 Å². The zero-order chi connectivity index (χ0) is 13.1. The Labute approximate surface area is 108 Å². The molecule has 1 atom stereocenters. The zero-order valence-electron chi connectivity index (χ0n) is 10.9. The molecule has 1 amide bonds. The van der Waals surface area contributed by atoms with Gasteiger partial charge in [0.2, 0.25) is 0 Å². The van der Waals surface area contributed by atoms with Crippen molar-refractivity contribution >= 4 is 11.6 Å². The lowest BCUT2D eigenvalue weighted by Crippen LogP contribution is -2.33. The van der Waals surface area contributed by atoms with Gasteiger partial charge in [-0.15, -0.1) is 0 Å². The van der Waals surface area contributed by atoms with E-state index in [-0.39, 0.29) is 11.9 Å². The van der Waals surface area contributed by atoms with Gasteiger partial charge in [-0.25, -0.2) is 0 Å². The second-order valence-electron chi connectivity index (χ2n) is 5.01. The van der Waals surface area contributed by atoms with E-state index in [2.05, 4.69) is 5.32 Å². The molecule has 1 saturated carbocycles. The number of ether oxygens (including phenoxy) is 1. The molecule has 1 aliphatic carbocycles. The first kappa shape index (κ1) is 12.7. The molecule has 1 aliphatic rings. The molecule has 0 saturated heterocycles. The number of benzene rings is 1. The smallest absolute Gasteiger partial charge is 0.255 e. The number of anilines is 1. The van der Waals surface area contributed by atoms with E-state index in [1.165, 1.54) is 12.8 Å². The standard InChI is InChI=1S/C14H20N2O2/c1-9(7-10-3-4-10)16-14(17)12-6-5-11(15)8-13(12)18-2/h5-6,8-10H,3-4,7,15H2,1-2H3,(H,16,17). The van der Waals surface area contributed by atoms with Crippen molar-refractivity contribution < 1.29 is 9.53 Å². The van der Waals surface area contributed by atoms with Crippen molar-refractivity contribution in [1.29, 1.82) is 0 Å². The summed E-state index contributed by atoms with van der Waals surface area (Å²) in [4.78, 5) is 12.1.